The van der Waals surface area contributed by atoms with Crippen molar-refractivity contribution >= 4 is 44.4 Å². The highest BCUT2D eigenvalue weighted by atomic mass is 16.3. The van der Waals surface area contributed by atoms with Crippen LogP contribution in [0.15, 0.2) is 154 Å². The van der Waals surface area contributed by atoms with Crippen molar-refractivity contribution in [3.63, 3.8) is 0 Å². The second kappa shape index (κ2) is 9.61. The molecule has 1 aliphatic rings. The predicted octanol–water partition coefficient (Wildman–Crippen LogP) is 8.90. The van der Waals surface area contributed by atoms with Gasteiger partial charge >= 0.3 is 0 Å². The number of furan rings is 1. The third kappa shape index (κ3) is 4.09. The Labute approximate surface area is 237 Å². The van der Waals surface area contributed by atoms with Gasteiger partial charge in [0.05, 0.1) is 0 Å². The van der Waals surface area contributed by atoms with E-state index in [2.05, 4.69) is 96.3 Å². The molecule has 0 radical (unpaired) electrons. The van der Waals surface area contributed by atoms with Gasteiger partial charge in [-0.3, -0.25) is 0 Å². The van der Waals surface area contributed by atoms with Gasteiger partial charge in [0.25, 0.3) is 0 Å². The van der Waals surface area contributed by atoms with E-state index in [1.165, 1.54) is 10.8 Å². The van der Waals surface area contributed by atoms with Crippen LogP contribution in [0.4, 0.5) is 0 Å². The Morgan fingerprint density at radius 3 is 2.10 bits per heavy atom. The van der Waals surface area contributed by atoms with Crippen molar-refractivity contribution in [2.75, 3.05) is 0 Å². The molecular formula is C37H25N3O. The van der Waals surface area contributed by atoms with Gasteiger partial charge in [-0.05, 0) is 34.0 Å². The molecule has 1 N–H and O–H groups in total. The van der Waals surface area contributed by atoms with Crippen LogP contribution in [0.5, 0.6) is 0 Å². The quantitative estimate of drug-likeness (QED) is 0.248. The largest absolute Gasteiger partial charge is 0.455 e. The first-order valence-corrected chi connectivity index (χ1v) is 13.8. The maximum Gasteiger partial charge on any atom is 0.169 e. The van der Waals surface area contributed by atoms with Crippen molar-refractivity contribution in [2.24, 2.45) is 9.98 Å². The van der Waals surface area contributed by atoms with E-state index < -0.39 is 0 Å². The van der Waals surface area contributed by atoms with Gasteiger partial charge in [0.15, 0.2) is 6.17 Å². The molecule has 0 saturated heterocycles. The Morgan fingerprint density at radius 2 is 1.24 bits per heavy atom. The summed E-state index contributed by atoms with van der Waals surface area (Å²) >= 11 is 0. The molecular weight excluding hydrogens is 502 g/mol. The average molecular weight is 528 g/mol. The summed E-state index contributed by atoms with van der Waals surface area (Å²) in [6.45, 7) is 0. The number of hydrogen-bond acceptors (Lipinski definition) is 4. The maximum atomic E-state index is 6.59. The van der Waals surface area contributed by atoms with E-state index in [9.17, 15) is 0 Å². The molecule has 0 saturated carbocycles. The summed E-state index contributed by atoms with van der Waals surface area (Å²) in [5.74, 6) is 1.57. The number of rotatable bonds is 4. The molecule has 1 aliphatic heterocycles. The van der Waals surface area contributed by atoms with Crippen LogP contribution in [0.1, 0.15) is 22.9 Å². The predicted molar refractivity (Wildman–Crippen MR) is 168 cm³/mol. The first-order chi connectivity index (χ1) is 20.3. The van der Waals surface area contributed by atoms with Crippen LogP contribution in [0.3, 0.4) is 0 Å². The lowest BCUT2D eigenvalue weighted by molar-refractivity contribution is 0.670. The second-order valence-electron chi connectivity index (χ2n) is 10.3. The number of benzene rings is 6. The molecule has 0 aliphatic carbocycles. The molecule has 41 heavy (non-hydrogen) atoms. The van der Waals surface area contributed by atoms with E-state index in [1.807, 2.05) is 48.5 Å². The minimum Gasteiger partial charge on any atom is -0.455 e. The summed E-state index contributed by atoms with van der Waals surface area (Å²) in [4.78, 5) is 10.1. The van der Waals surface area contributed by atoms with Gasteiger partial charge in [-0.25, -0.2) is 9.98 Å². The Kier molecular flexibility index (Phi) is 5.49. The molecule has 0 fully saturated rings. The molecule has 8 rings (SSSR count). The van der Waals surface area contributed by atoms with E-state index in [4.69, 9.17) is 14.4 Å². The number of hydrogen-bond donors (Lipinski definition) is 1. The third-order valence-corrected chi connectivity index (χ3v) is 7.72. The zero-order valence-corrected chi connectivity index (χ0v) is 22.2. The smallest absolute Gasteiger partial charge is 0.169 e. The number of amidine groups is 2. The first-order valence-electron chi connectivity index (χ1n) is 13.8. The van der Waals surface area contributed by atoms with Gasteiger partial charge in [0, 0.05) is 27.5 Å². The lowest BCUT2D eigenvalue weighted by Crippen LogP contribution is -2.36. The maximum absolute atomic E-state index is 6.59. The van der Waals surface area contributed by atoms with Crippen LogP contribution in [0.25, 0.3) is 43.8 Å². The van der Waals surface area contributed by atoms with Crippen molar-refractivity contribution in [2.45, 2.75) is 6.17 Å². The fourth-order valence-electron chi connectivity index (χ4n) is 5.73. The highest BCUT2D eigenvalue weighted by Gasteiger charge is 2.24. The molecule has 1 atom stereocenters. The Morgan fingerprint density at radius 1 is 0.537 bits per heavy atom. The Hall–Kier alpha value is -5.48. The standard InChI is InChI=1S/C37H25N3O/c1-3-12-25(13-4-1)35-38-36(26-14-5-2-6-15-26)40-37(39-35)31-19-10-20-32-33(31)30-18-9-17-29(34(30)41-32)28-22-21-24-11-7-8-16-27(24)23-28/h1-23,35H,(H,38,39,40). The Balaban J connectivity index is 1.31. The summed E-state index contributed by atoms with van der Waals surface area (Å²) < 4.78 is 6.59. The van der Waals surface area contributed by atoms with Crippen LogP contribution in [0.2, 0.25) is 0 Å². The highest BCUT2D eigenvalue weighted by molar-refractivity contribution is 6.24. The normalized spacial score (nSPS) is 15.1. The lowest BCUT2D eigenvalue weighted by atomic mass is 9.98. The van der Waals surface area contributed by atoms with Crippen LogP contribution in [0, 0.1) is 0 Å². The van der Waals surface area contributed by atoms with Crippen molar-refractivity contribution in [1.82, 2.24) is 5.32 Å². The molecule has 4 heteroatoms. The lowest BCUT2D eigenvalue weighted by Gasteiger charge is -2.22. The highest BCUT2D eigenvalue weighted by Crippen LogP contribution is 2.38. The topological polar surface area (TPSA) is 49.9 Å². The molecule has 0 amide bonds. The van der Waals surface area contributed by atoms with Gasteiger partial charge in [-0.1, -0.05) is 127 Å². The second-order valence-corrected chi connectivity index (χ2v) is 10.3. The van der Waals surface area contributed by atoms with Crippen molar-refractivity contribution in [3.8, 4) is 11.1 Å². The van der Waals surface area contributed by atoms with Crippen molar-refractivity contribution in [3.05, 3.63) is 156 Å². The fraction of sp³-hybridized carbons (Fsp3) is 0.0270. The molecule has 194 valence electrons. The monoisotopic (exact) mass is 527 g/mol. The SMILES string of the molecule is c1ccc(C2=NC(c3ccccc3)N=C(c3cccc4oc5c(-c6ccc7ccccc7c6)cccc5c34)N2)cc1. The van der Waals surface area contributed by atoms with Crippen LogP contribution < -0.4 is 5.32 Å². The fourth-order valence-corrected chi connectivity index (χ4v) is 5.73. The van der Waals surface area contributed by atoms with Gasteiger partial charge in [0.1, 0.15) is 22.8 Å². The summed E-state index contributed by atoms with van der Waals surface area (Å²) in [6.07, 6.45) is -0.357. The minimum absolute atomic E-state index is 0.357. The summed E-state index contributed by atoms with van der Waals surface area (Å²) in [5, 5.41) is 8.09. The van der Waals surface area contributed by atoms with E-state index in [1.54, 1.807) is 0 Å². The van der Waals surface area contributed by atoms with Crippen LogP contribution >= 0.6 is 0 Å². The molecule has 0 spiro atoms. The molecule has 1 unspecified atom stereocenters. The first kappa shape index (κ1) is 23.4. The van der Waals surface area contributed by atoms with Gasteiger partial charge < -0.3 is 9.73 Å². The molecule has 1 aromatic heterocycles. The molecule has 0 bridgehead atoms. The van der Waals surface area contributed by atoms with Crippen molar-refractivity contribution in [1.29, 1.82) is 0 Å². The zero-order chi connectivity index (χ0) is 27.2. The molecule has 7 aromatic rings. The molecule has 2 heterocycles. The number of fused-ring (bicyclic) bond motifs is 4. The molecule has 6 aromatic carbocycles. The van der Waals surface area contributed by atoms with Crippen molar-refractivity contribution < 1.29 is 4.42 Å². The number of aliphatic imine (C=N–C) groups is 2. The average Bonchev–Trinajstić information content (AvgIpc) is 3.44. The Bertz CT molecular complexity index is 2120. The van der Waals surface area contributed by atoms with Gasteiger partial charge in [0.2, 0.25) is 0 Å². The summed E-state index contributed by atoms with van der Waals surface area (Å²) in [6, 6.07) is 48.0. The van der Waals surface area contributed by atoms with E-state index >= 15 is 0 Å². The summed E-state index contributed by atoms with van der Waals surface area (Å²) in [5.41, 5.74) is 6.95. The van der Waals surface area contributed by atoms with Gasteiger partial charge in [-0.2, -0.15) is 0 Å². The zero-order valence-electron chi connectivity index (χ0n) is 22.2. The molecule has 4 nitrogen and oxygen atoms in total. The van der Waals surface area contributed by atoms with Gasteiger partial charge in [-0.15, -0.1) is 0 Å². The van der Waals surface area contributed by atoms with E-state index in [-0.39, 0.29) is 6.17 Å². The number of nitrogens with one attached hydrogen (secondary N) is 1. The minimum atomic E-state index is -0.357. The van der Waals surface area contributed by atoms with E-state index in [0.29, 0.717) is 0 Å². The van der Waals surface area contributed by atoms with Crippen LogP contribution in [-0.4, -0.2) is 11.7 Å². The van der Waals surface area contributed by atoms with Crippen LogP contribution in [-0.2, 0) is 0 Å². The summed E-state index contributed by atoms with van der Waals surface area (Å²) in [7, 11) is 0. The van der Waals surface area contributed by atoms with E-state index in [0.717, 1.165) is 61.4 Å². The number of nitrogens with zero attached hydrogens (tertiary/aromatic N) is 2. The number of para-hydroxylation sites is 1. The third-order valence-electron chi connectivity index (χ3n) is 7.72.